The third-order valence-corrected chi connectivity index (χ3v) is 10.0. The summed E-state index contributed by atoms with van der Waals surface area (Å²) >= 11 is 0. The molecule has 150 valence electrons. The molecule has 4 saturated carbocycles. The minimum absolute atomic E-state index is 0.200. The topological polar surface area (TPSA) is 66.8 Å². The highest BCUT2D eigenvalue weighted by atomic mass is 31.2. The molecule has 4 fully saturated rings. The molecule has 4 aliphatic rings. The number of hydrogen-bond acceptors (Lipinski definition) is 2. The fraction of sp³-hybridized carbons (Fsp3) is 1.00. The maximum absolute atomic E-state index is 11.0. The molecule has 0 aliphatic heterocycles. The minimum atomic E-state index is -4.33. The molecule has 0 bridgehead atoms. The van der Waals surface area contributed by atoms with Gasteiger partial charge in [-0.15, -0.1) is 0 Å². The van der Waals surface area contributed by atoms with Gasteiger partial charge < -0.3 is 9.79 Å². The molecule has 0 radical (unpaired) electrons. The van der Waals surface area contributed by atoms with Gasteiger partial charge in [-0.25, -0.2) is 4.57 Å². The van der Waals surface area contributed by atoms with Crippen LogP contribution in [-0.2, 0) is 9.09 Å². The van der Waals surface area contributed by atoms with E-state index in [0.717, 1.165) is 30.1 Å². The number of rotatable bonds is 4. The van der Waals surface area contributed by atoms with Crippen molar-refractivity contribution in [2.24, 2.45) is 40.4 Å². The van der Waals surface area contributed by atoms with E-state index in [0.29, 0.717) is 16.7 Å². The summed E-state index contributed by atoms with van der Waals surface area (Å²) in [7, 11) is -4.33. The lowest BCUT2D eigenvalue weighted by Gasteiger charge is -2.60. The van der Waals surface area contributed by atoms with Crippen molar-refractivity contribution in [3.63, 3.8) is 0 Å². The van der Waals surface area contributed by atoms with Crippen LogP contribution in [0.25, 0.3) is 0 Å². The lowest BCUT2D eigenvalue weighted by molar-refractivity contribution is -0.111. The Morgan fingerprint density at radius 2 is 1.69 bits per heavy atom. The van der Waals surface area contributed by atoms with Crippen LogP contribution in [0.1, 0.15) is 84.5 Å². The summed E-state index contributed by atoms with van der Waals surface area (Å²) in [6, 6.07) is 0. The molecule has 0 aromatic carbocycles. The lowest BCUT2D eigenvalue weighted by atomic mass is 9.45. The third-order valence-electron chi connectivity index (χ3n) is 9.51. The standard InChI is InChI=1S/C21H37O4P/c1-20-12-4-3-5-15(20)6-8-17-18-9-7-16(11-14-25-26(22,23)24)21(18,2)13-10-19(17)20/h15-19H,3-14H2,1-2H3,(H2,22,23,24)/t15?,16-,17+,18+,19+,20+,21-/m1/s1. The van der Waals surface area contributed by atoms with Crippen molar-refractivity contribution in [1.29, 1.82) is 0 Å². The van der Waals surface area contributed by atoms with Crippen LogP contribution in [0.3, 0.4) is 0 Å². The van der Waals surface area contributed by atoms with Crippen LogP contribution in [0.4, 0.5) is 0 Å². The van der Waals surface area contributed by atoms with Gasteiger partial charge in [0.25, 0.3) is 0 Å². The fourth-order valence-corrected chi connectivity index (χ4v) is 8.54. The highest BCUT2D eigenvalue weighted by molar-refractivity contribution is 7.46. The minimum Gasteiger partial charge on any atom is -0.303 e. The molecule has 4 aliphatic carbocycles. The Hall–Kier alpha value is 0.110. The van der Waals surface area contributed by atoms with Crippen LogP contribution < -0.4 is 0 Å². The van der Waals surface area contributed by atoms with Crippen molar-refractivity contribution in [2.45, 2.75) is 84.5 Å². The predicted octanol–water partition coefficient (Wildman–Crippen LogP) is 5.53. The third kappa shape index (κ3) is 3.23. The summed E-state index contributed by atoms with van der Waals surface area (Å²) < 4.78 is 15.8. The first-order valence-electron chi connectivity index (χ1n) is 10.9. The largest absolute Gasteiger partial charge is 0.469 e. The summed E-state index contributed by atoms with van der Waals surface area (Å²) in [6.07, 6.45) is 14.7. The van der Waals surface area contributed by atoms with E-state index < -0.39 is 7.82 Å². The normalized spacial score (nSPS) is 48.5. The summed E-state index contributed by atoms with van der Waals surface area (Å²) in [6.45, 7) is 5.31. The monoisotopic (exact) mass is 384 g/mol. The van der Waals surface area contributed by atoms with Crippen LogP contribution in [-0.4, -0.2) is 16.4 Å². The zero-order valence-corrected chi connectivity index (χ0v) is 17.4. The molecule has 5 heteroatoms. The fourth-order valence-electron chi connectivity index (χ4n) is 8.19. The summed E-state index contributed by atoms with van der Waals surface area (Å²) in [5, 5.41) is 0. The first-order valence-corrected chi connectivity index (χ1v) is 12.5. The predicted molar refractivity (Wildman–Crippen MR) is 102 cm³/mol. The molecule has 4 nitrogen and oxygen atoms in total. The Kier molecular flexibility index (Phi) is 5.13. The highest BCUT2D eigenvalue weighted by Crippen LogP contribution is 2.67. The van der Waals surface area contributed by atoms with E-state index >= 15 is 0 Å². The van der Waals surface area contributed by atoms with E-state index in [-0.39, 0.29) is 6.61 Å². The van der Waals surface area contributed by atoms with Gasteiger partial charge in [-0.1, -0.05) is 26.7 Å². The summed E-state index contributed by atoms with van der Waals surface area (Å²) in [4.78, 5) is 17.9. The van der Waals surface area contributed by atoms with Crippen LogP contribution >= 0.6 is 7.82 Å². The van der Waals surface area contributed by atoms with Crippen molar-refractivity contribution in [1.82, 2.24) is 0 Å². The van der Waals surface area contributed by atoms with E-state index in [1.165, 1.54) is 64.2 Å². The van der Waals surface area contributed by atoms with Crippen LogP contribution in [0.2, 0.25) is 0 Å². The lowest BCUT2D eigenvalue weighted by Crippen LogP contribution is -2.52. The van der Waals surface area contributed by atoms with E-state index in [1.54, 1.807) is 0 Å². The Bertz CT molecular complexity index is 574. The highest BCUT2D eigenvalue weighted by Gasteiger charge is 2.59. The average Bonchev–Trinajstić information content (AvgIpc) is 2.90. The molecule has 0 heterocycles. The first-order chi connectivity index (χ1) is 12.2. The maximum atomic E-state index is 11.0. The zero-order chi connectivity index (χ0) is 18.6. The van der Waals surface area contributed by atoms with Crippen molar-refractivity contribution in [3.8, 4) is 0 Å². The summed E-state index contributed by atoms with van der Waals surface area (Å²) in [5.41, 5.74) is 0.946. The van der Waals surface area contributed by atoms with Crippen molar-refractivity contribution >= 4 is 7.82 Å². The molecule has 0 saturated heterocycles. The van der Waals surface area contributed by atoms with E-state index in [9.17, 15) is 4.57 Å². The Morgan fingerprint density at radius 1 is 0.923 bits per heavy atom. The molecule has 2 N–H and O–H groups in total. The van der Waals surface area contributed by atoms with Gasteiger partial charge in [-0.05, 0) is 98.2 Å². The van der Waals surface area contributed by atoms with E-state index in [1.807, 2.05) is 0 Å². The van der Waals surface area contributed by atoms with E-state index in [2.05, 4.69) is 13.8 Å². The summed E-state index contributed by atoms with van der Waals surface area (Å²) in [5.74, 6) is 4.17. The molecular formula is C21H37O4P. The quantitative estimate of drug-likeness (QED) is 0.625. The Labute approximate surface area is 158 Å². The second kappa shape index (κ2) is 6.87. The first kappa shape index (κ1) is 19.4. The molecule has 26 heavy (non-hydrogen) atoms. The van der Waals surface area contributed by atoms with Crippen molar-refractivity contribution in [2.75, 3.05) is 6.61 Å². The van der Waals surface area contributed by atoms with Gasteiger partial charge in [0.2, 0.25) is 0 Å². The van der Waals surface area contributed by atoms with Crippen molar-refractivity contribution < 1.29 is 18.9 Å². The van der Waals surface area contributed by atoms with Gasteiger partial charge in [0.15, 0.2) is 0 Å². The molecule has 4 rings (SSSR count). The molecule has 0 amide bonds. The van der Waals surface area contributed by atoms with Gasteiger partial charge in [0, 0.05) is 0 Å². The second-order valence-electron chi connectivity index (χ2n) is 10.3. The van der Waals surface area contributed by atoms with Crippen molar-refractivity contribution in [3.05, 3.63) is 0 Å². The SMILES string of the molecule is C[C@]12CC[C@H]3[C@@H](CCC4CCCC[C@@]43C)[C@@H]1CC[C@@H]2CCOP(=O)(O)O. The zero-order valence-electron chi connectivity index (χ0n) is 16.5. The van der Waals surface area contributed by atoms with Gasteiger partial charge in [0.05, 0.1) is 6.61 Å². The molecule has 7 atom stereocenters. The number of fused-ring (bicyclic) bond motifs is 5. The van der Waals surface area contributed by atoms with Crippen LogP contribution in [0.15, 0.2) is 0 Å². The van der Waals surface area contributed by atoms with Gasteiger partial charge >= 0.3 is 7.82 Å². The van der Waals surface area contributed by atoms with E-state index in [4.69, 9.17) is 14.3 Å². The second-order valence-corrected chi connectivity index (χ2v) is 11.6. The van der Waals surface area contributed by atoms with Crippen LogP contribution in [0.5, 0.6) is 0 Å². The number of phosphoric ester groups is 1. The Morgan fingerprint density at radius 3 is 2.46 bits per heavy atom. The Balaban J connectivity index is 1.47. The molecule has 0 aromatic rings. The van der Waals surface area contributed by atoms with Crippen LogP contribution in [0, 0.1) is 40.4 Å². The number of hydrogen-bond donors (Lipinski definition) is 2. The maximum Gasteiger partial charge on any atom is 0.469 e. The molecular weight excluding hydrogens is 347 g/mol. The number of phosphoric acid groups is 1. The molecule has 0 aromatic heterocycles. The van der Waals surface area contributed by atoms with Gasteiger partial charge in [-0.3, -0.25) is 4.52 Å². The smallest absolute Gasteiger partial charge is 0.303 e. The average molecular weight is 384 g/mol. The van der Waals surface area contributed by atoms with Gasteiger partial charge in [-0.2, -0.15) is 0 Å². The molecule has 0 spiro atoms. The van der Waals surface area contributed by atoms with Gasteiger partial charge in [0.1, 0.15) is 0 Å². The molecule has 1 unspecified atom stereocenters.